The summed E-state index contributed by atoms with van der Waals surface area (Å²) in [4.78, 5) is 29.5. The molecule has 1 saturated carbocycles. The fraction of sp³-hybridized carbons (Fsp3) is 0.310. The van der Waals surface area contributed by atoms with Crippen molar-refractivity contribution in [2.45, 2.75) is 56.7 Å². The number of nitrogens with one attached hydrogen (secondary N) is 2. The van der Waals surface area contributed by atoms with Gasteiger partial charge in [-0.25, -0.2) is 4.39 Å². The molecule has 0 spiro atoms. The van der Waals surface area contributed by atoms with Crippen LogP contribution < -0.4 is 15.5 Å². The lowest BCUT2D eigenvalue weighted by molar-refractivity contribution is -0.127. The molecule has 2 amide bonds. The zero-order chi connectivity index (χ0) is 25.1. The quantitative estimate of drug-likeness (QED) is 0.429. The second kappa shape index (κ2) is 10.7. The van der Waals surface area contributed by atoms with Gasteiger partial charge < -0.3 is 10.6 Å². The normalized spacial score (nSPS) is 18.1. The first kappa shape index (κ1) is 24.3. The molecule has 7 heteroatoms. The number of halogens is 2. The molecule has 186 valence electrons. The zero-order valence-electron chi connectivity index (χ0n) is 19.9. The second-order valence-corrected chi connectivity index (χ2v) is 9.92. The molecule has 2 aliphatic rings. The molecule has 1 fully saturated rings. The smallest absolute Gasteiger partial charge is 0.250 e. The molecule has 5 nitrogen and oxygen atoms in total. The van der Waals surface area contributed by atoms with Gasteiger partial charge in [-0.2, -0.15) is 0 Å². The van der Waals surface area contributed by atoms with Gasteiger partial charge >= 0.3 is 0 Å². The minimum atomic E-state index is -1.06. The van der Waals surface area contributed by atoms with E-state index in [-0.39, 0.29) is 17.9 Å². The van der Waals surface area contributed by atoms with E-state index >= 15 is 0 Å². The number of anilines is 2. The van der Waals surface area contributed by atoms with Gasteiger partial charge in [0.2, 0.25) is 5.91 Å². The summed E-state index contributed by atoms with van der Waals surface area (Å²) in [6.45, 7) is 0. The second-order valence-electron chi connectivity index (χ2n) is 9.51. The molecule has 0 saturated heterocycles. The Labute approximate surface area is 215 Å². The van der Waals surface area contributed by atoms with Gasteiger partial charge in [-0.15, -0.1) is 0 Å². The lowest BCUT2D eigenvalue weighted by Crippen LogP contribution is -2.51. The molecule has 36 heavy (non-hydrogen) atoms. The predicted octanol–water partition coefficient (Wildman–Crippen LogP) is 6.04. The largest absolute Gasteiger partial charge is 0.373 e. The highest BCUT2D eigenvalue weighted by molar-refractivity contribution is 6.31. The number of hydrogen-bond donors (Lipinski definition) is 2. The zero-order valence-corrected chi connectivity index (χ0v) is 20.7. The highest BCUT2D eigenvalue weighted by Crippen LogP contribution is 2.35. The van der Waals surface area contributed by atoms with Gasteiger partial charge in [-0.1, -0.05) is 73.3 Å². The molecule has 0 aromatic heterocycles. The van der Waals surface area contributed by atoms with Gasteiger partial charge in [-0.05, 0) is 48.7 Å². The van der Waals surface area contributed by atoms with Gasteiger partial charge in [-0.3, -0.25) is 14.5 Å². The van der Waals surface area contributed by atoms with Gasteiger partial charge in [0, 0.05) is 34.4 Å². The number of nitrogens with zero attached hydrogens (tertiary/aromatic N) is 1. The van der Waals surface area contributed by atoms with E-state index in [9.17, 15) is 14.0 Å². The van der Waals surface area contributed by atoms with Gasteiger partial charge in [0.25, 0.3) is 5.91 Å². The predicted molar refractivity (Wildman–Crippen MR) is 141 cm³/mol. The van der Waals surface area contributed by atoms with Crippen LogP contribution in [0.5, 0.6) is 0 Å². The fourth-order valence-corrected chi connectivity index (χ4v) is 5.50. The maximum absolute atomic E-state index is 14.4. The Balaban J connectivity index is 1.56. The van der Waals surface area contributed by atoms with E-state index in [0.29, 0.717) is 22.7 Å². The monoisotopic (exact) mass is 505 g/mol. The number of carbonyl (C=O) groups is 2. The van der Waals surface area contributed by atoms with Gasteiger partial charge in [0.1, 0.15) is 17.9 Å². The van der Waals surface area contributed by atoms with E-state index in [1.807, 2.05) is 24.3 Å². The summed E-state index contributed by atoms with van der Waals surface area (Å²) >= 11 is 6.60. The Hall–Kier alpha value is -3.38. The first-order valence-corrected chi connectivity index (χ1v) is 12.9. The van der Waals surface area contributed by atoms with E-state index in [1.54, 1.807) is 36.4 Å². The summed E-state index contributed by atoms with van der Waals surface area (Å²) in [5.41, 5.74) is 2.72. The third-order valence-corrected chi connectivity index (χ3v) is 7.40. The Kier molecular flexibility index (Phi) is 7.23. The number of para-hydroxylation sites is 1. The van der Waals surface area contributed by atoms with Crippen LogP contribution in [-0.4, -0.2) is 23.9 Å². The van der Waals surface area contributed by atoms with Crippen molar-refractivity contribution in [3.63, 3.8) is 0 Å². The van der Waals surface area contributed by atoms with Crippen LogP contribution in [-0.2, 0) is 16.0 Å². The van der Waals surface area contributed by atoms with E-state index < -0.39 is 17.9 Å². The van der Waals surface area contributed by atoms with Crippen LogP contribution >= 0.6 is 11.6 Å². The lowest BCUT2D eigenvalue weighted by Gasteiger charge is -2.35. The number of hydrogen-bond acceptors (Lipinski definition) is 3. The first-order valence-electron chi connectivity index (χ1n) is 12.5. The van der Waals surface area contributed by atoms with Crippen molar-refractivity contribution in [3.8, 4) is 0 Å². The van der Waals surface area contributed by atoms with Crippen molar-refractivity contribution >= 4 is 34.8 Å². The molecular weight excluding hydrogens is 477 g/mol. The highest BCUT2D eigenvalue weighted by atomic mass is 35.5. The molecule has 2 N–H and O–H groups in total. The Morgan fingerprint density at radius 2 is 1.72 bits per heavy atom. The van der Waals surface area contributed by atoms with E-state index in [2.05, 4.69) is 10.6 Å². The van der Waals surface area contributed by atoms with Crippen LogP contribution in [0.2, 0.25) is 5.02 Å². The average Bonchev–Trinajstić information content (AvgIpc) is 3.32. The number of benzene rings is 3. The number of carbonyl (C=O) groups excluding carboxylic acids is 2. The highest BCUT2D eigenvalue weighted by Gasteiger charge is 2.39. The Morgan fingerprint density at radius 1 is 0.972 bits per heavy atom. The molecule has 3 aromatic rings. The van der Waals surface area contributed by atoms with Crippen LogP contribution in [0.25, 0.3) is 0 Å². The van der Waals surface area contributed by atoms with Crippen LogP contribution in [0, 0.1) is 5.82 Å². The maximum atomic E-state index is 14.4. The van der Waals surface area contributed by atoms with Crippen LogP contribution in [0.1, 0.15) is 49.3 Å². The van der Waals surface area contributed by atoms with E-state index in [4.69, 9.17) is 11.6 Å². The topological polar surface area (TPSA) is 61.4 Å². The maximum Gasteiger partial charge on any atom is 0.250 e. The fourth-order valence-electron chi connectivity index (χ4n) is 5.27. The summed E-state index contributed by atoms with van der Waals surface area (Å²) in [5, 5.41) is 6.83. The van der Waals surface area contributed by atoms with Crippen LogP contribution in [0.3, 0.4) is 0 Å². The molecule has 1 heterocycles. The molecule has 0 radical (unpaired) electrons. The van der Waals surface area contributed by atoms with Crippen LogP contribution in [0.4, 0.5) is 15.8 Å². The Morgan fingerprint density at radius 3 is 2.47 bits per heavy atom. The van der Waals surface area contributed by atoms with Gasteiger partial charge in [0.05, 0.1) is 0 Å². The van der Waals surface area contributed by atoms with Crippen molar-refractivity contribution < 1.29 is 14.0 Å². The molecule has 3 aromatic carbocycles. The van der Waals surface area contributed by atoms with Crippen molar-refractivity contribution in [1.29, 1.82) is 0 Å². The third kappa shape index (κ3) is 5.09. The average molecular weight is 506 g/mol. The first-order chi connectivity index (χ1) is 17.5. The van der Waals surface area contributed by atoms with Crippen molar-refractivity contribution in [3.05, 3.63) is 94.8 Å². The molecule has 0 bridgehead atoms. The molecular formula is C29H29ClFN3O2. The third-order valence-electron chi connectivity index (χ3n) is 7.05. The van der Waals surface area contributed by atoms with Crippen molar-refractivity contribution in [1.82, 2.24) is 5.32 Å². The minimum Gasteiger partial charge on any atom is -0.373 e. The number of rotatable bonds is 6. The SMILES string of the molecule is O=C(NC1CCCCC1)[C@@H](c1ccccc1Cl)N(C(=O)[C@H]1Cc2ccccc2N1)c1cccc(F)c1. The summed E-state index contributed by atoms with van der Waals surface area (Å²) < 4.78 is 14.4. The molecule has 1 aliphatic carbocycles. The van der Waals surface area contributed by atoms with E-state index in [1.165, 1.54) is 17.0 Å². The lowest BCUT2D eigenvalue weighted by atomic mass is 9.94. The number of amides is 2. The summed E-state index contributed by atoms with van der Waals surface area (Å²) in [7, 11) is 0. The molecule has 2 atom stereocenters. The summed E-state index contributed by atoms with van der Waals surface area (Å²) in [6.07, 6.45) is 5.53. The molecule has 0 unspecified atom stereocenters. The summed E-state index contributed by atoms with van der Waals surface area (Å²) in [5.74, 6) is -1.12. The summed E-state index contributed by atoms with van der Waals surface area (Å²) in [6, 6.07) is 19.0. The standard InChI is InChI=1S/C29H29ClFN3O2/c30-24-15-6-5-14-23(24)27(28(35)32-21-11-2-1-3-12-21)34(22-13-8-10-20(31)18-22)29(36)26-17-19-9-4-7-16-25(19)33-26/h4-10,13-16,18,21,26-27,33H,1-3,11-12,17H2,(H,32,35)/t26-,27-/m1/s1. The van der Waals surface area contributed by atoms with Crippen molar-refractivity contribution in [2.24, 2.45) is 0 Å². The molecule has 5 rings (SSSR count). The van der Waals surface area contributed by atoms with Crippen LogP contribution in [0.15, 0.2) is 72.8 Å². The van der Waals surface area contributed by atoms with E-state index in [0.717, 1.165) is 43.4 Å². The Bertz CT molecular complexity index is 1240. The van der Waals surface area contributed by atoms with Crippen molar-refractivity contribution in [2.75, 3.05) is 10.2 Å². The molecule has 1 aliphatic heterocycles. The minimum absolute atomic E-state index is 0.0366. The number of fused-ring (bicyclic) bond motifs is 1. The van der Waals surface area contributed by atoms with Gasteiger partial charge in [0.15, 0.2) is 0 Å².